The van der Waals surface area contributed by atoms with Crippen LogP contribution in [-0.2, 0) is 4.79 Å². The van der Waals surface area contributed by atoms with Gasteiger partial charge in [-0.2, -0.15) is 0 Å². The lowest BCUT2D eigenvalue weighted by Crippen LogP contribution is -2.20. The van der Waals surface area contributed by atoms with Crippen molar-refractivity contribution in [3.05, 3.63) is 34.9 Å². The maximum atomic E-state index is 11.0. The van der Waals surface area contributed by atoms with Gasteiger partial charge >= 0.3 is 5.97 Å². The molecule has 0 aromatic heterocycles. The second-order valence-electron chi connectivity index (χ2n) is 3.76. The first kappa shape index (κ1) is 13.3. The van der Waals surface area contributed by atoms with Crippen LogP contribution in [0.15, 0.2) is 24.3 Å². The predicted octanol–water partition coefficient (Wildman–Crippen LogP) is 2.15. The highest BCUT2D eigenvalue weighted by atomic mass is 35.5. The van der Waals surface area contributed by atoms with Crippen molar-refractivity contribution in [2.24, 2.45) is 5.92 Å². The Bertz CT molecular complexity index is 384. The van der Waals surface area contributed by atoms with Gasteiger partial charge in [0.05, 0.1) is 5.92 Å². The molecular formula is C11H13Cl2NO2. The third-order valence-electron chi connectivity index (χ3n) is 2.81. The number of rotatable bonds is 2. The molecule has 16 heavy (non-hydrogen) atoms. The Morgan fingerprint density at radius 3 is 2.81 bits per heavy atom. The van der Waals surface area contributed by atoms with E-state index < -0.39 is 5.97 Å². The van der Waals surface area contributed by atoms with E-state index in [9.17, 15) is 4.79 Å². The summed E-state index contributed by atoms with van der Waals surface area (Å²) in [5.41, 5.74) is 1.000. The average Bonchev–Trinajstić information content (AvgIpc) is 2.65. The SMILES string of the molecule is Cl.O=C(O)[C@H]1CNC[C@@H]1c1cccc(Cl)c1. The minimum absolute atomic E-state index is 0. The Hall–Kier alpha value is -0.770. The van der Waals surface area contributed by atoms with Crippen LogP contribution < -0.4 is 5.32 Å². The quantitative estimate of drug-likeness (QED) is 0.858. The van der Waals surface area contributed by atoms with Crippen LogP contribution in [-0.4, -0.2) is 24.2 Å². The fourth-order valence-electron chi connectivity index (χ4n) is 2.03. The zero-order chi connectivity index (χ0) is 10.8. The smallest absolute Gasteiger partial charge is 0.308 e. The molecule has 88 valence electrons. The number of hydrogen-bond donors (Lipinski definition) is 2. The highest BCUT2D eigenvalue weighted by molar-refractivity contribution is 6.30. The number of halogens is 2. The molecule has 1 aromatic rings. The van der Waals surface area contributed by atoms with Crippen molar-refractivity contribution in [2.45, 2.75) is 5.92 Å². The molecule has 0 amide bonds. The van der Waals surface area contributed by atoms with Crippen LogP contribution in [0.25, 0.3) is 0 Å². The van der Waals surface area contributed by atoms with Gasteiger partial charge < -0.3 is 10.4 Å². The minimum Gasteiger partial charge on any atom is -0.481 e. The van der Waals surface area contributed by atoms with Gasteiger partial charge in [0, 0.05) is 24.0 Å². The molecule has 0 radical (unpaired) electrons. The van der Waals surface area contributed by atoms with E-state index in [1.165, 1.54) is 0 Å². The van der Waals surface area contributed by atoms with E-state index in [-0.39, 0.29) is 24.2 Å². The molecule has 0 saturated carbocycles. The molecule has 0 bridgehead atoms. The van der Waals surface area contributed by atoms with E-state index in [0.29, 0.717) is 18.1 Å². The summed E-state index contributed by atoms with van der Waals surface area (Å²) in [6.07, 6.45) is 0. The van der Waals surface area contributed by atoms with Gasteiger partial charge in [0.1, 0.15) is 0 Å². The fraction of sp³-hybridized carbons (Fsp3) is 0.364. The highest BCUT2D eigenvalue weighted by Gasteiger charge is 2.33. The van der Waals surface area contributed by atoms with Crippen LogP contribution in [0.5, 0.6) is 0 Å². The summed E-state index contributed by atoms with van der Waals surface area (Å²) in [5.74, 6) is -1.06. The summed E-state index contributed by atoms with van der Waals surface area (Å²) < 4.78 is 0. The Morgan fingerprint density at radius 1 is 1.44 bits per heavy atom. The summed E-state index contributed by atoms with van der Waals surface area (Å²) in [6, 6.07) is 7.42. The summed E-state index contributed by atoms with van der Waals surface area (Å²) in [4.78, 5) is 11.0. The molecule has 2 atom stereocenters. The first-order valence-electron chi connectivity index (χ1n) is 4.87. The monoisotopic (exact) mass is 261 g/mol. The van der Waals surface area contributed by atoms with Crippen molar-refractivity contribution < 1.29 is 9.90 Å². The molecule has 0 spiro atoms. The van der Waals surface area contributed by atoms with Crippen molar-refractivity contribution in [1.29, 1.82) is 0 Å². The van der Waals surface area contributed by atoms with Crippen molar-refractivity contribution in [1.82, 2.24) is 5.32 Å². The molecule has 1 aliphatic heterocycles. The van der Waals surface area contributed by atoms with Crippen molar-refractivity contribution in [2.75, 3.05) is 13.1 Å². The molecule has 2 rings (SSSR count). The van der Waals surface area contributed by atoms with Gasteiger partial charge in [0.15, 0.2) is 0 Å². The number of benzene rings is 1. The lowest BCUT2D eigenvalue weighted by Gasteiger charge is -2.14. The average molecular weight is 262 g/mol. The predicted molar refractivity (Wildman–Crippen MR) is 65.4 cm³/mol. The number of nitrogens with one attached hydrogen (secondary N) is 1. The third-order valence-corrected chi connectivity index (χ3v) is 3.04. The second-order valence-corrected chi connectivity index (χ2v) is 4.20. The molecule has 3 nitrogen and oxygen atoms in total. The molecule has 2 N–H and O–H groups in total. The van der Waals surface area contributed by atoms with E-state index in [1.54, 1.807) is 6.07 Å². The zero-order valence-corrected chi connectivity index (χ0v) is 10.1. The van der Waals surface area contributed by atoms with Crippen LogP contribution in [0.1, 0.15) is 11.5 Å². The summed E-state index contributed by atoms with van der Waals surface area (Å²) in [7, 11) is 0. The van der Waals surface area contributed by atoms with Crippen LogP contribution in [0.2, 0.25) is 5.02 Å². The molecule has 1 fully saturated rings. The standard InChI is InChI=1S/C11H12ClNO2.ClH/c12-8-3-1-2-7(4-8)9-5-13-6-10(9)11(14)15;/h1-4,9-10,13H,5-6H2,(H,14,15);1H/t9-,10+;/m1./s1. The Balaban J connectivity index is 0.00000128. The van der Waals surface area contributed by atoms with Gasteiger partial charge in [-0.05, 0) is 17.7 Å². The lowest BCUT2D eigenvalue weighted by molar-refractivity contribution is -0.141. The number of hydrogen-bond acceptors (Lipinski definition) is 2. The topological polar surface area (TPSA) is 49.3 Å². The van der Waals surface area contributed by atoms with Crippen LogP contribution in [0.3, 0.4) is 0 Å². The number of carbonyl (C=O) groups is 1. The van der Waals surface area contributed by atoms with E-state index in [2.05, 4.69) is 5.32 Å². The van der Waals surface area contributed by atoms with Crippen molar-refractivity contribution >= 4 is 30.0 Å². The summed E-state index contributed by atoms with van der Waals surface area (Å²) in [6.45, 7) is 1.24. The van der Waals surface area contributed by atoms with Crippen LogP contribution >= 0.6 is 24.0 Å². The summed E-state index contributed by atoms with van der Waals surface area (Å²) in [5, 5.41) is 12.8. The molecule has 5 heteroatoms. The van der Waals surface area contributed by atoms with Gasteiger partial charge in [-0.3, -0.25) is 4.79 Å². The molecule has 1 aromatic carbocycles. The van der Waals surface area contributed by atoms with E-state index in [0.717, 1.165) is 5.56 Å². The molecule has 1 aliphatic rings. The molecule has 1 heterocycles. The summed E-state index contributed by atoms with van der Waals surface area (Å²) >= 11 is 5.88. The zero-order valence-electron chi connectivity index (χ0n) is 8.52. The van der Waals surface area contributed by atoms with Gasteiger partial charge in [-0.1, -0.05) is 23.7 Å². The van der Waals surface area contributed by atoms with E-state index >= 15 is 0 Å². The Labute approximate surface area is 105 Å². The molecule has 1 saturated heterocycles. The van der Waals surface area contributed by atoms with Crippen LogP contribution in [0.4, 0.5) is 0 Å². The van der Waals surface area contributed by atoms with Crippen LogP contribution in [0, 0.1) is 5.92 Å². The molecule has 0 unspecified atom stereocenters. The second kappa shape index (κ2) is 5.53. The highest BCUT2D eigenvalue weighted by Crippen LogP contribution is 2.29. The maximum absolute atomic E-state index is 11.0. The third kappa shape index (κ3) is 2.67. The number of carboxylic acid groups (broad SMARTS) is 1. The lowest BCUT2D eigenvalue weighted by atomic mass is 9.89. The van der Waals surface area contributed by atoms with Gasteiger partial charge in [-0.25, -0.2) is 0 Å². The maximum Gasteiger partial charge on any atom is 0.308 e. The minimum atomic E-state index is -0.745. The first-order chi connectivity index (χ1) is 7.18. The van der Waals surface area contributed by atoms with E-state index in [1.807, 2.05) is 18.2 Å². The number of carboxylic acids is 1. The molecule has 0 aliphatic carbocycles. The Morgan fingerprint density at radius 2 is 2.19 bits per heavy atom. The normalized spacial score (nSPS) is 23.8. The van der Waals surface area contributed by atoms with Gasteiger partial charge in [0.25, 0.3) is 0 Å². The Kier molecular flexibility index (Phi) is 4.59. The largest absolute Gasteiger partial charge is 0.481 e. The molecular weight excluding hydrogens is 249 g/mol. The number of aliphatic carboxylic acids is 1. The fourth-order valence-corrected chi connectivity index (χ4v) is 2.22. The van der Waals surface area contributed by atoms with E-state index in [4.69, 9.17) is 16.7 Å². The van der Waals surface area contributed by atoms with Gasteiger partial charge in [0.2, 0.25) is 0 Å². The van der Waals surface area contributed by atoms with Gasteiger partial charge in [-0.15, -0.1) is 12.4 Å². The van der Waals surface area contributed by atoms with Crippen molar-refractivity contribution in [3.63, 3.8) is 0 Å². The van der Waals surface area contributed by atoms with Crippen molar-refractivity contribution in [3.8, 4) is 0 Å². The first-order valence-corrected chi connectivity index (χ1v) is 5.25.